The van der Waals surface area contributed by atoms with Crippen LogP contribution in [0.1, 0.15) is 25.8 Å². The van der Waals surface area contributed by atoms with Crippen LogP contribution in [0.25, 0.3) is 0 Å². The Labute approximate surface area is 115 Å². The number of hydrogen-bond acceptors (Lipinski definition) is 2. The van der Waals surface area contributed by atoms with E-state index in [0.717, 1.165) is 19.5 Å². The van der Waals surface area contributed by atoms with Gasteiger partial charge in [-0.15, -0.1) is 0 Å². The second-order valence-corrected chi connectivity index (χ2v) is 5.40. The van der Waals surface area contributed by atoms with Crippen LogP contribution in [-0.4, -0.2) is 19.1 Å². The van der Waals surface area contributed by atoms with Gasteiger partial charge in [-0.05, 0) is 31.6 Å². The van der Waals surface area contributed by atoms with Crippen molar-refractivity contribution in [1.29, 1.82) is 0 Å². The molecule has 0 amide bonds. The molecule has 0 radical (unpaired) electrons. The third kappa shape index (κ3) is 5.42. The van der Waals surface area contributed by atoms with Crippen molar-refractivity contribution in [3.8, 4) is 0 Å². The summed E-state index contributed by atoms with van der Waals surface area (Å²) in [7, 11) is 0. The maximum atomic E-state index is 13.5. The first kappa shape index (κ1) is 15.5. The molecule has 0 aliphatic carbocycles. The van der Waals surface area contributed by atoms with Crippen LogP contribution >= 0.6 is 15.9 Å². The van der Waals surface area contributed by atoms with Gasteiger partial charge in [-0.2, -0.15) is 0 Å². The predicted molar refractivity (Wildman–Crippen MR) is 73.5 cm³/mol. The first-order chi connectivity index (χ1) is 8.50. The van der Waals surface area contributed by atoms with Crippen LogP contribution < -0.4 is 10.6 Å². The zero-order valence-corrected chi connectivity index (χ0v) is 12.3. The van der Waals surface area contributed by atoms with E-state index in [1.54, 1.807) is 0 Å². The van der Waals surface area contributed by atoms with Crippen molar-refractivity contribution < 1.29 is 8.78 Å². The monoisotopic (exact) mass is 320 g/mol. The van der Waals surface area contributed by atoms with E-state index in [1.807, 2.05) is 0 Å². The van der Waals surface area contributed by atoms with E-state index in [-0.39, 0.29) is 12.1 Å². The largest absolute Gasteiger partial charge is 0.314 e. The molecule has 0 saturated heterocycles. The number of rotatable bonds is 7. The van der Waals surface area contributed by atoms with Crippen LogP contribution in [0.2, 0.25) is 0 Å². The quantitative estimate of drug-likeness (QED) is 0.754. The summed E-state index contributed by atoms with van der Waals surface area (Å²) >= 11 is 3.05. The molecule has 18 heavy (non-hydrogen) atoms. The molecule has 0 fully saturated rings. The van der Waals surface area contributed by atoms with E-state index < -0.39 is 11.6 Å². The SMILES string of the molecule is CC(C)NCCCNCc1c(F)cc(Br)cc1F. The second kappa shape index (κ2) is 7.81. The van der Waals surface area contributed by atoms with Crippen LogP contribution in [0.15, 0.2) is 16.6 Å². The highest BCUT2D eigenvalue weighted by molar-refractivity contribution is 9.10. The van der Waals surface area contributed by atoms with E-state index in [1.165, 1.54) is 12.1 Å². The van der Waals surface area contributed by atoms with Gasteiger partial charge >= 0.3 is 0 Å². The van der Waals surface area contributed by atoms with Gasteiger partial charge in [0.25, 0.3) is 0 Å². The fourth-order valence-corrected chi connectivity index (χ4v) is 1.96. The summed E-state index contributed by atoms with van der Waals surface area (Å²) in [5, 5.41) is 6.32. The van der Waals surface area contributed by atoms with Gasteiger partial charge in [0.15, 0.2) is 0 Å². The molecule has 102 valence electrons. The molecule has 0 saturated carbocycles. The summed E-state index contributed by atoms with van der Waals surface area (Å²) in [6, 6.07) is 3.02. The van der Waals surface area contributed by atoms with Crippen molar-refractivity contribution in [1.82, 2.24) is 10.6 Å². The first-order valence-corrected chi connectivity index (χ1v) is 6.87. The predicted octanol–water partition coefficient (Wildman–Crippen LogP) is 3.21. The van der Waals surface area contributed by atoms with Gasteiger partial charge in [0.05, 0.1) is 0 Å². The van der Waals surface area contributed by atoms with Crippen LogP contribution in [0, 0.1) is 11.6 Å². The van der Waals surface area contributed by atoms with E-state index in [2.05, 4.69) is 40.4 Å². The molecule has 5 heteroatoms. The average molecular weight is 321 g/mol. The van der Waals surface area contributed by atoms with Crippen LogP contribution in [0.5, 0.6) is 0 Å². The lowest BCUT2D eigenvalue weighted by molar-refractivity contribution is 0.518. The molecule has 0 aromatic heterocycles. The summed E-state index contributed by atoms with van der Waals surface area (Å²) in [4.78, 5) is 0. The van der Waals surface area contributed by atoms with Gasteiger partial charge in [0.1, 0.15) is 11.6 Å². The molecule has 2 N–H and O–H groups in total. The van der Waals surface area contributed by atoms with Crippen molar-refractivity contribution in [2.45, 2.75) is 32.9 Å². The number of nitrogens with one attached hydrogen (secondary N) is 2. The Morgan fingerprint density at radius 2 is 1.78 bits per heavy atom. The molecular weight excluding hydrogens is 302 g/mol. The molecule has 2 nitrogen and oxygen atoms in total. The van der Waals surface area contributed by atoms with Crippen molar-refractivity contribution >= 4 is 15.9 Å². The lowest BCUT2D eigenvalue weighted by atomic mass is 10.2. The molecule has 0 aliphatic rings. The fourth-order valence-electron chi connectivity index (χ4n) is 1.56. The number of benzene rings is 1. The minimum absolute atomic E-state index is 0.0926. The normalized spacial score (nSPS) is 11.2. The van der Waals surface area contributed by atoms with E-state index >= 15 is 0 Å². The molecule has 0 spiro atoms. The minimum atomic E-state index is -0.519. The summed E-state index contributed by atoms with van der Waals surface area (Å²) in [6.45, 7) is 6.01. The van der Waals surface area contributed by atoms with Crippen molar-refractivity contribution in [3.63, 3.8) is 0 Å². The van der Waals surface area contributed by atoms with Gasteiger partial charge in [0.2, 0.25) is 0 Å². The van der Waals surface area contributed by atoms with Crippen molar-refractivity contribution in [2.24, 2.45) is 0 Å². The highest BCUT2D eigenvalue weighted by Gasteiger charge is 2.09. The van der Waals surface area contributed by atoms with Crippen LogP contribution in [-0.2, 0) is 6.54 Å². The first-order valence-electron chi connectivity index (χ1n) is 6.08. The summed E-state index contributed by atoms with van der Waals surface area (Å²) in [5.41, 5.74) is 0.0926. The molecule has 1 aromatic carbocycles. The van der Waals surface area contributed by atoms with E-state index in [9.17, 15) is 8.78 Å². The zero-order valence-electron chi connectivity index (χ0n) is 10.7. The standard InChI is InChI=1S/C13H19BrF2N2/c1-9(2)18-5-3-4-17-8-11-12(15)6-10(14)7-13(11)16/h6-7,9,17-18H,3-5,8H2,1-2H3. The van der Waals surface area contributed by atoms with Gasteiger partial charge < -0.3 is 10.6 Å². The molecule has 0 unspecified atom stereocenters. The maximum absolute atomic E-state index is 13.5. The van der Waals surface area contributed by atoms with Crippen LogP contribution in [0.3, 0.4) is 0 Å². The van der Waals surface area contributed by atoms with Gasteiger partial charge in [0, 0.05) is 22.6 Å². The summed E-state index contributed by atoms with van der Waals surface area (Å²) < 4.78 is 27.4. The Morgan fingerprint density at radius 3 is 2.33 bits per heavy atom. The minimum Gasteiger partial charge on any atom is -0.314 e. The molecule has 0 heterocycles. The molecule has 1 aromatic rings. The van der Waals surface area contributed by atoms with Gasteiger partial charge in [-0.3, -0.25) is 0 Å². The number of halogens is 3. The average Bonchev–Trinajstić information content (AvgIpc) is 2.25. The summed E-state index contributed by atoms with van der Waals surface area (Å²) in [5.74, 6) is -1.04. The molecule has 1 rings (SSSR count). The fraction of sp³-hybridized carbons (Fsp3) is 0.538. The van der Waals surface area contributed by atoms with Crippen molar-refractivity contribution in [2.75, 3.05) is 13.1 Å². The van der Waals surface area contributed by atoms with Crippen LogP contribution in [0.4, 0.5) is 8.78 Å². The Morgan fingerprint density at radius 1 is 1.17 bits per heavy atom. The second-order valence-electron chi connectivity index (χ2n) is 4.49. The zero-order chi connectivity index (χ0) is 13.5. The molecule has 0 atom stereocenters. The molecular formula is C13H19BrF2N2. The van der Waals surface area contributed by atoms with Gasteiger partial charge in [-0.25, -0.2) is 8.78 Å². The van der Waals surface area contributed by atoms with Gasteiger partial charge in [-0.1, -0.05) is 29.8 Å². The van der Waals surface area contributed by atoms with Crippen molar-refractivity contribution in [3.05, 3.63) is 33.8 Å². The lowest BCUT2D eigenvalue weighted by Gasteiger charge is -2.09. The molecule has 0 aliphatic heterocycles. The maximum Gasteiger partial charge on any atom is 0.131 e. The van der Waals surface area contributed by atoms with E-state index in [4.69, 9.17) is 0 Å². The molecule has 0 bridgehead atoms. The number of hydrogen-bond donors (Lipinski definition) is 2. The topological polar surface area (TPSA) is 24.1 Å². The highest BCUT2D eigenvalue weighted by atomic mass is 79.9. The Bertz CT molecular complexity index is 360. The highest BCUT2D eigenvalue weighted by Crippen LogP contribution is 2.19. The third-order valence-electron chi connectivity index (χ3n) is 2.49. The Kier molecular flexibility index (Phi) is 6.75. The summed E-state index contributed by atoms with van der Waals surface area (Å²) in [6.07, 6.45) is 0.929. The lowest BCUT2D eigenvalue weighted by Crippen LogP contribution is -2.27. The Balaban J connectivity index is 2.31. The Hall–Kier alpha value is -0.520. The smallest absolute Gasteiger partial charge is 0.131 e. The third-order valence-corrected chi connectivity index (χ3v) is 2.95. The van der Waals surface area contributed by atoms with E-state index in [0.29, 0.717) is 10.5 Å².